The van der Waals surface area contributed by atoms with Crippen LogP contribution in [0.4, 0.5) is 0 Å². The molecule has 0 fully saturated rings. The normalized spacial score (nSPS) is 11.6. The van der Waals surface area contributed by atoms with Crippen molar-refractivity contribution in [3.05, 3.63) is 104 Å². The number of rotatable bonds is 11. The van der Waals surface area contributed by atoms with Gasteiger partial charge in [0.1, 0.15) is 0 Å². The first-order chi connectivity index (χ1) is 21.5. The zero-order valence-corrected chi connectivity index (χ0v) is 28.2. The first-order valence-corrected chi connectivity index (χ1v) is 18.1. The Balaban J connectivity index is 1.55. The third-order valence-corrected chi connectivity index (χ3v) is 13.1. The van der Waals surface area contributed by atoms with Gasteiger partial charge in [-0.2, -0.15) is 0 Å². The van der Waals surface area contributed by atoms with Gasteiger partial charge in [0, 0.05) is 39.0 Å². The summed E-state index contributed by atoms with van der Waals surface area (Å²) in [5.74, 6) is 0. The van der Waals surface area contributed by atoms with Gasteiger partial charge in [0.25, 0.3) is 11.4 Å². The topological polar surface area (TPSA) is 56.3 Å². The summed E-state index contributed by atoms with van der Waals surface area (Å²) in [5, 5.41) is 19.0. The molecule has 0 saturated heterocycles. The number of nitrogens with zero attached hydrogens (tertiary/aromatic N) is 4. The lowest BCUT2D eigenvalue weighted by atomic mass is 10.1. The monoisotopic (exact) mass is 662 g/mol. The summed E-state index contributed by atoms with van der Waals surface area (Å²) in [7, 11) is 0. The molecule has 216 valence electrons. The second-order valence-corrected chi connectivity index (χ2v) is 15.6. The van der Waals surface area contributed by atoms with Crippen LogP contribution in [0.5, 0.6) is 0 Å². The number of hydrogen-bond donors (Lipinski definition) is 0. The van der Waals surface area contributed by atoms with Crippen molar-refractivity contribution >= 4 is 68.8 Å². The smallest absolute Gasteiger partial charge is 0.227 e. The van der Waals surface area contributed by atoms with Crippen LogP contribution in [0.3, 0.4) is 0 Å². The van der Waals surface area contributed by atoms with Crippen molar-refractivity contribution < 1.29 is 0 Å². The molecule has 4 nitrogen and oxygen atoms in total. The third-order valence-electron chi connectivity index (χ3n) is 6.79. The van der Waals surface area contributed by atoms with E-state index in [1.807, 2.05) is 23.5 Å². The number of unbranched alkanes of at least 4 members (excludes halogenated alkanes) is 3. The molecule has 0 amide bonds. The maximum absolute atomic E-state index is 9.52. The van der Waals surface area contributed by atoms with Crippen molar-refractivity contribution in [1.82, 2.24) is 0 Å². The Morgan fingerprint density at radius 3 is 1.73 bits per heavy atom. The molecule has 0 bridgehead atoms. The molecule has 5 rings (SSSR count). The lowest BCUT2D eigenvalue weighted by molar-refractivity contribution is 0.670. The molecule has 5 aromatic rings. The van der Waals surface area contributed by atoms with Gasteiger partial charge in [-0.1, -0.05) is 26.2 Å². The Morgan fingerprint density at radius 1 is 0.682 bits per heavy atom. The third kappa shape index (κ3) is 7.18. The molecule has 0 aromatic carbocycles. The highest BCUT2D eigenvalue weighted by molar-refractivity contribution is 7.30. The van der Waals surface area contributed by atoms with E-state index in [0.717, 1.165) is 51.7 Å². The molecule has 0 aliphatic carbocycles. The zero-order valence-electron chi connectivity index (χ0n) is 24.1. The molecule has 0 saturated carbocycles. The Labute approximate surface area is 278 Å². The van der Waals surface area contributed by atoms with Crippen LogP contribution in [-0.4, -0.2) is 0 Å². The second kappa shape index (κ2) is 14.6. The molecule has 5 aromatic heterocycles. The van der Waals surface area contributed by atoms with Crippen LogP contribution < -0.4 is 0 Å². The van der Waals surface area contributed by atoms with Gasteiger partial charge in [-0.05, 0) is 91.6 Å². The maximum Gasteiger partial charge on any atom is 0.262 e. The SMILES string of the molecule is [C-]#[N+]/C(C#N)=C\c1cc(-c2ccc(CCCCCC)s2)sc1-c1ccc(-c2sc(-c3ccc(C)s3)cc2/C=C(\C#N)[N+]#[C-])s1. The fraction of sp³-hybridized carbons (Fsp3) is 0.200. The average Bonchev–Trinajstić information content (AvgIpc) is 3.86. The van der Waals surface area contributed by atoms with E-state index in [2.05, 4.69) is 72.1 Å². The molecular weight excluding hydrogens is 637 g/mol. The first kappa shape index (κ1) is 31.4. The van der Waals surface area contributed by atoms with Crippen LogP contribution in [0.25, 0.3) is 60.9 Å². The highest BCUT2D eigenvalue weighted by atomic mass is 32.1. The molecule has 0 aliphatic heterocycles. The summed E-state index contributed by atoms with van der Waals surface area (Å²) in [6.45, 7) is 19.2. The molecule has 9 heteroatoms. The molecule has 0 spiro atoms. The maximum atomic E-state index is 9.52. The van der Waals surface area contributed by atoms with Gasteiger partial charge >= 0.3 is 0 Å². The minimum Gasteiger partial charge on any atom is -0.227 e. The lowest BCUT2D eigenvalue weighted by Crippen LogP contribution is -1.80. The van der Waals surface area contributed by atoms with Crippen LogP contribution >= 0.6 is 56.7 Å². The summed E-state index contributed by atoms with van der Waals surface area (Å²) in [6.07, 6.45) is 9.40. The zero-order chi connectivity index (χ0) is 31.1. The van der Waals surface area contributed by atoms with E-state index < -0.39 is 0 Å². The summed E-state index contributed by atoms with van der Waals surface area (Å²) >= 11 is 8.53. The standard InChI is InChI=1S/C35H26N4S5/c1-5-6-7-8-9-27-11-13-29(41-27)33-19-24(17-26(21-37)39-4)35(44-33)31-15-14-30(42-31)34-23(16-25(20-36)38-3)18-32(43-34)28-12-10-22(2)40-28/h10-19H,5-9H2,1-2H3/b25-16+,26-17-. The van der Waals surface area contributed by atoms with E-state index in [0.29, 0.717) is 0 Å². The number of thiophene rings is 5. The Morgan fingerprint density at radius 2 is 1.23 bits per heavy atom. The molecule has 0 atom stereocenters. The van der Waals surface area contributed by atoms with Gasteiger partial charge in [-0.15, -0.1) is 56.7 Å². The quantitative estimate of drug-likeness (QED) is 0.0803. The number of allylic oxidation sites excluding steroid dienone is 2. The number of nitriles is 2. The molecular formula is C35H26N4S5. The molecule has 0 N–H and O–H groups in total. The van der Waals surface area contributed by atoms with E-state index >= 15 is 0 Å². The van der Waals surface area contributed by atoms with E-state index in [4.69, 9.17) is 13.1 Å². The first-order valence-electron chi connectivity index (χ1n) is 14.0. The van der Waals surface area contributed by atoms with Crippen LogP contribution in [0.1, 0.15) is 53.5 Å². The molecule has 0 aliphatic rings. The van der Waals surface area contributed by atoms with Crippen molar-refractivity contribution in [2.75, 3.05) is 0 Å². The van der Waals surface area contributed by atoms with Gasteiger partial charge in [0.15, 0.2) is 0 Å². The van der Waals surface area contributed by atoms with Crippen molar-refractivity contribution in [2.45, 2.75) is 46.0 Å². The summed E-state index contributed by atoms with van der Waals surface area (Å²) < 4.78 is 0. The van der Waals surface area contributed by atoms with E-state index in [1.165, 1.54) is 40.3 Å². The molecule has 0 unspecified atom stereocenters. The fourth-order valence-electron chi connectivity index (χ4n) is 4.65. The minimum atomic E-state index is 0.0499. The Bertz CT molecular complexity index is 2000. The predicted octanol–water partition coefficient (Wildman–Crippen LogP) is 12.7. The molecule has 5 heterocycles. The average molecular weight is 663 g/mol. The van der Waals surface area contributed by atoms with E-state index in [-0.39, 0.29) is 11.4 Å². The van der Waals surface area contributed by atoms with Crippen molar-refractivity contribution in [3.8, 4) is 51.2 Å². The Kier molecular flexibility index (Phi) is 10.4. The van der Waals surface area contributed by atoms with Gasteiger partial charge in [-0.3, -0.25) is 0 Å². The van der Waals surface area contributed by atoms with Crippen LogP contribution in [0.15, 0.2) is 59.9 Å². The van der Waals surface area contributed by atoms with E-state index in [1.54, 1.807) is 57.5 Å². The minimum absolute atomic E-state index is 0.0499. The lowest BCUT2D eigenvalue weighted by Gasteiger charge is -1.98. The van der Waals surface area contributed by atoms with Crippen molar-refractivity contribution in [3.63, 3.8) is 0 Å². The summed E-state index contributed by atoms with van der Waals surface area (Å²) in [5.41, 5.74) is 1.83. The van der Waals surface area contributed by atoms with Crippen LogP contribution in [0.2, 0.25) is 0 Å². The molecule has 0 radical (unpaired) electrons. The largest absolute Gasteiger partial charge is 0.262 e. The second-order valence-electron chi connectivity index (χ2n) is 9.95. The fourth-order valence-corrected chi connectivity index (χ4v) is 10.3. The van der Waals surface area contributed by atoms with Crippen molar-refractivity contribution in [1.29, 1.82) is 10.5 Å². The van der Waals surface area contributed by atoms with Gasteiger partial charge in [-0.25, -0.2) is 20.2 Å². The Hall–Kier alpha value is -4.06. The summed E-state index contributed by atoms with van der Waals surface area (Å²) in [4.78, 5) is 18.1. The number of hydrogen-bond acceptors (Lipinski definition) is 7. The van der Waals surface area contributed by atoms with Crippen LogP contribution in [0, 0.1) is 42.7 Å². The molecule has 44 heavy (non-hydrogen) atoms. The number of aryl methyl sites for hydroxylation is 2. The summed E-state index contributed by atoms with van der Waals surface area (Å²) in [6, 6.07) is 21.0. The van der Waals surface area contributed by atoms with E-state index in [9.17, 15) is 10.5 Å². The highest BCUT2D eigenvalue weighted by Gasteiger charge is 2.19. The van der Waals surface area contributed by atoms with Crippen molar-refractivity contribution in [2.24, 2.45) is 0 Å². The van der Waals surface area contributed by atoms with Gasteiger partial charge in [0.2, 0.25) is 0 Å². The van der Waals surface area contributed by atoms with Crippen LogP contribution in [-0.2, 0) is 6.42 Å². The van der Waals surface area contributed by atoms with Gasteiger partial charge < -0.3 is 0 Å². The predicted molar refractivity (Wildman–Crippen MR) is 191 cm³/mol. The van der Waals surface area contributed by atoms with Gasteiger partial charge in [0.05, 0.1) is 35.0 Å². The highest BCUT2D eigenvalue weighted by Crippen LogP contribution is 2.48.